The molecule has 102 valence electrons. The summed E-state index contributed by atoms with van der Waals surface area (Å²) in [5.74, 6) is 2.18. The lowest BCUT2D eigenvalue weighted by Crippen LogP contribution is -2.04. The highest BCUT2D eigenvalue weighted by molar-refractivity contribution is 5.28. The number of rotatable bonds is 5. The van der Waals surface area contributed by atoms with Crippen LogP contribution in [0, 0.1) is 0 Å². The van der Waals surface area contributed by atoms with Crippen LogP contribution in [0.3, 0.4) is 0 Å². The molecule has 0 aliphatic rings. The van der Waals surface area contributed by atoms with Gasteiger partial charge in [-0.3, -0.25) is 0 Å². The topological polar surface area (TPSA) is 74.2 Å². The molecule has 0 saturated carbocycles. The molecule has 0 spiro atoms. The average Bonchev–Trinajstić information content (AvgIpc) is 2.86. The van der Waals surface area contributed by atoms with Gasteiger partial charge in [0.1, 0.15) is 5.75 Å². The molecule has 1 heterocycles. The second kappa shape index (κ2) is 5.84. The van der Waals surface area contributed by atoms with E-state index in [0.717, 1.165) is 11.3 Å². The van der Waals surface area contributed by atoms with Crippen LogP contribution >= 0.6 is 0 Å². The van der Waals surface area contributed by atoms with Gasteiger partial charge >= 0.3 is 0 Å². The van der Waals surface area contributed by atoms with Gasteiger partial charge in [-0.05, 0) is 24.6 Å². The molecule has 0 fully saturated rings. The first-order valence-electron chi connectivity index (χ1n) is 6.37. The van der Waals surface area contributed by atoms with E-state index in [-0.39, 0.29) is 12.0 Å². The maximum Gasteiger partial charge on any atom is 0.229 e. The van der Waals surface area contributed by atoms with Gasteiger partial charge in [0.15, 0.2) is 6.61 Å². The van der Waals surface area contributed by atoms with Gasteiger partial charge in [0.05, 0.1) is 0 Å². The predicted molar refractivity (Wildman–Crippen MR) is 71.8 cm³/mol. The number of hydrogen-bond donors (Lipinski definition) is 1. The van der Waals surface area contributed by atoms with E-state index in [0.29, 0.717) is 18.3 Å². The molecule has 2 N–H and O–H groups in total. The van der Waals surface area contributed by atoms with Gasteiger partial charge in [0, 0.05) is 12.0 Å². The fourth-order valence-corrected chi connectivity index (χ4v) is 1.58. The van der Waals surface area contributed by atoms with Crippen LogP contribution in [-0.2, 0) is 6.61 Å². The zero-order valence-electron chi connectivity index (χ0n) is 11.5. The lowest BCUT2D eigenvalue weighted by molar-refractivity contribution is 0.284. The molecule has 0 saturated heterocycles. The predicted octanol–water partition coefficient (Wildman–Crippen LogP) is 2.79. The molecule has 1 aromatic heterocycles. The maximum absolute atomic E-state index is 5.79. The van der Waals surface area contributed by atoms with E-state index < -0.39 is 0 Å². The van der Waals surface area contributed by atoms with E-state index in [4.69, 9.17) is 15.0 Å². The minimum absolute atomic E-state index is 0.0276. The molecule has 2 aromatic rings. The number of ether oxygens (including phenoxy) is 1. The van der Waals surface area contributed by atoms with Crippen LogP contribution in [0.1, 0.15) is 50.0 Å². The van der Waals surface area contributed by atoms with E-state index in [1.165, 1.54) is 0 Å². The molecule has 5 nitrogen and oxygen atoms in total. The highest BCUT2D eigenvalue weighted by Crippen LogP contribution is 2.17. The fourth-order valence-electron chi connectivity index (χ4n) is 1.58. The van der Waals surface area contributed by atoms with Crippen molar-refractivity contribution in [1.82, 2.24) is 10.1 Å². The van der Waals surface area contributed by atoms with Crippen molar-refractivity contribution in [1.29, 1.82) is 0 Å². The Morgan fingerprint density at radius 2 is 1.89 bits per heavy atom. The van der Waals surface area contributed by atoms with Crippen molar-refractivity contribution in [2.75, 3.05) is 0 Å². The van der Waals surface area contributed by atoms with Crippen molar-refractivity contribution in [3.8, 4) is 5.75 Å². The van der Waals surface area contributed by atoms with Crippen molar-refractivity contribution in [3.63, 3.8) is 0 Å². The molecule has 19 heavy (non-hydrogen) atoms. The van der Waals surface area contributed by atoms with E-state index in [1.807, 2.05) is 45.0 Å². The number of aromatic nitrogens is 2. The largest absolute Gasteiger partial charge is 0.485 e. The summed E-state index contributed by atoms with van der Waals surface area (Å²) in [5.41, 5.74) is 6.86. The first-order valence-corrected chi connectivity index (χ1v) is 6.37. The van der Waals surface area contributed by atoms with E-state index in [2.05, 4.69) is 10.1 Å². The van der Waals surface area contributed by atoms with Crippen LogP contribution in [0.15, 0.2) is 28.8 Å². The van der Waals surface area contributed by atoms with Gasteiger partial charge in [-0.2, -0.15) is 4.98 Å². The summed E-state index contributed by atoms with van der Waals surface area (Å²) < 4.78 is 10.7. The summed E-state index contributed by atoms with van der Waals surface area (Å²) in [6, 6.07) is 7.72. The minimum Gasteiger partial charge on any atom is -0.485 e. The minimum atomic E-state index is 0.0276. The third-order valence-corrected chi connectivity index (χ3v) is 2.75. The third-order valence-electron chi connectivity index (χ3n) is 2.75. The van der Waals surface area contributed by atoms with E-state index >= 15 is 0 Å². The summed E-state index contributed by atoms with van der Waals surface area (Å²) in [7, 11) is 0. The van der Waals surface area contributed by atoms with Crippen LogP contribution in [0.4, 0.5) is 0 Å². The first-order chi connectivity index (χ1) is 9.06. The third kappa shape index (κ3) is 3.54. The average molecular weight is 261 g/mol. The second-order valence-electron chi connectivity index (χ2n) is 4.85. The van der Waals surface area contributed by atoms with E-state index in [9.17, 15) is 0 Å². The standard InChI is InChI=1S/C14H19N3O2/c1-9(2)14-16-13(17-19-14)8-18-12-6-4-11(5-7-12)10(3)15/h4-7,9-10H,8,15H2,1-3H3/t10-/m0/s1. The molecule has 0 unspecified atom stereocenters. The molecular formula is C14H19N3O2. The van der Waals surface area contributed by atoms with Crippen LogP contribution in [0.5, 0.6) is 5.75 Å². The second-order valence-corrected chi connectivity index (χ2v) is 4.85. The van der Waals surface area contributed by atoms with Crippen molar-refractivity contribution >= 4 is 0 Å². The van der Waals surface area contributed by atoms with Gasteiger partial charge in [-0.15, -0.1) is 0 Å². The first kappa shape index (κ1) is 13.5. The quantitative estimate of drug-likeness (QED) is 0.895. The number of nitrogens with zero attached hydrogens (tertiary/aromatic N) is 2. The molecule has 1 aromatic carbocycles. The van der Waals surface area contributed by atoms with Crippen molar-refractivity contribution < 1.29 is 9.26 Å². The van der Waals surface area contributed by atoms with Crippen molar-refractivity contribution in [3.05, 3.63) is 41.5 Å². The maximum atomic E-state index is 5.79. The number of benzene rings is 1. The Hall–Kier alpha value is -1.88. The summed E-state index contributed by atoms with van der Waals surface area (Å²) >= 11 is 0. The lowest BCUT2D eigenvalue weighted by Gasteiger charge is -2.07. The van der Waals surface area contributed by atoms with Crippen LogP contribution in [0.2, 0.25) is 0 Å². The zero-order valence-corrected chi connectivity index (χ0v) is 11.5. The zero-order chi connectivity index (χ0) is 13.8. The number of nitrogens with two attached hydrogens (primary N) is 1. The molecule has 0 amide bonds. The Kier molecular flexibility index (Phi) is 4.16. The van der Waals surface area contributed by atoms with Gasteiger partial charge in [-0.1, -0.05) is 31.1 Å². The summed E-state index contributed by atoms with van der Waals surface area (Å²) in [5, 5.41) is 3.87. The fraction of sp³-hybridized carbons (Fsp3) is 0.429. The van der Waals surface area contributed by atoms with Gasteiger partial charge in [-0.25, -0.2) is 0 Å². The normalized spacial score (nSPS) is 12.7. The summed E-state index contributed by atoms with van der Waals surface area (Å²) in [4.78, 5) is 4.25. The highest BCUT2D eigenvalue weighted by atomic mass is 16.5. The van der Waals surface area contributed by atoms with Crippen LogP contribution in [0.25, 0.3) is 0 Å². The van der Waals surface area contributed by atoms with E-state index in [1.54, 1.807) is 0 Å². The SMILES string of the molecule is CC(C)c1nc(COc2ccc([C@H](C)N)cc2)no1. The van der Waals surface area contributed by atoms with Gasteiger partial charge in [0.2, 0.25) is 11.7 Å². The molecule has 2 rings (SSSR count). The Morgan fingerprint density at radius 3 is 2.42 bits per heavy atom. The van der Waals surface area contributed by atoms with Crippen LogP contribution in [-0.4, -0.2) is 10.1 Å². The Balaban J connectivity index is 1.94. The lowest BCUT2D eigenvalue weighted by atomic mass is 10.1. The Bertz CT molecular complexity index is 518. The van der Waals surface area contributed by atoms with Gasteiger partial charge < -0.3 is 15.0 Å². The highest BCUT2D eigenvalue weighted by Gasteiger charge is 2.10. The molecule has 0 aliphatic carbocycles. The Morgan fingerprint density at radius 1 is 1.21 bits per heavy atom. The smallest absolute Gasteiger partial charge is 0.229 e. The molecular weight excluding hydrogens is 242 g/mol. The molecule has 5 heteroatoms. The number of hydrogen-bond acceptors (Lipinski definition) is 5. The summed E-state index contributed by atoms with van der Waals surface area (Å²) in [6.07, 6.45) is 0. The molecule has 0 radical (unpaired) electrons. The van der Waals surface area contributed by atoms with Crippen molar-refractivity contribution in [2.45, 2.75) is 39.3 Å². The Labute approximate surface area is 112 Å². The monoisotopic (exact) mass is 261 g/mol. The van der Waals surface area contributed by atoms with Gasteiger partial charge in [0.25, 0.3) is 0 Å². The molecule has 0 bridgehead atoms. The summed E-state index contributed by atoms with van der Waals surface area (Å²) in [6.45, 7) is 6.26. The molecule has 0 aliphatic heterocycles. The molecule has 1 atom stereocenters. The van der Waals surface area contributed by atoms with Crippen molar-refractivity contribution in [2.24, 2.45) is 5.73 Å². The van der Waals surface area contributed by atoms with Crippen LogP contribution < -0.4 is 10.5 Å².